The zero-order chi connectivity index (χ0) is 15.7. The molecule has 1 N–H and O–H groups in total. The van der Waals surface area contributed by atoms with Gasteiger partial charge in [-0.05, 0) is 38.7 Å². The van der Waals surface area contributed by atoms with Crippen LogP contribution in [0, 0.1) is 19.8 Å². The van der Waals surface area contributed by atoms with Crippen LogP contribution in [0.15, 0.2) is 16.7 Å². The summed E-state index contributed by atoms with van der Waals surface area (Å²) in [5.41, 5.74) is 2.53. The van der Waals surface area contributed by atoms with Gasteiger partial charge in [0.15, 0.2) is 5.69 Å². The molecule has 118 valence electrons. The van der Waals surface area contributed by atoms with Gasteiger partial charge in [0.05, 0.1) is 5.69 Å². The Bertz CT molecular complexity index is 669. The van der Waals surface area contributed by atoms with Crippen molar-refractivity contribution in [1.29, 1.82) is 0 Å². The summed E-state index contributed by atoms with van der Waals surface area (Å²) < 4.78 is 7.19. The molecule has 0 spiro atoms. The summed E-state index contributed by atoms with van der Waals surface area (Å²) in [6, 6.07) is 3.82. The maximum atomic E-state index is 12.1. The van der Waals surface area contributed by atoms with E-state index >= 15 is 0 Å². The van der Waals surface area contributed by atoms with Crippen molar-refractivity contribution in [3.05, 3.63) is 35.0 Å². The van der Waals surface area contributed by atoms with Crippen molar-refractivity contribution in [2.45, 2.75) is 46.1 Å². The van der Waals surface area contributed by atoms with Gasteiger partial charge in [0.1, 0.15) is 5.76 Å². The van der Waals surface area contributed by atoms with Crippen LogP contribution in [0.3, 0.4) is 0 Å². The molecule has 0 saturated heterocycles. The second-order valence-corrected chi connectivity index (χ2v) is 6.31. The van der Waals surface area contributed by atoms with Gasteiger partial charge in [0, 0.05) is 30.8 Å². The molecule has 6 heteroatoms. The quantitative estimate of drug-likeness (QED) is 0.889. The van der Waals surface area contributed by atoms with Gasteiger partial charge in [-0.1, -0.05) is 12.1 Å². The van der Waals surface area contributed by atoms with E-state index in [0.717, 1.165) is 36.5 Å². The summed E-state index contributed by atoms with van der Waals surface area (Å²) in [7, 11) is 0. The highest BCUT2D eigenvalue weighted by atomic mass is 16.5. The molecule has 1 atom stereocenters. The fourth-order valence-corrected chi connectivity index (χ4v) is 2.53. The van der Waals surface area contributed by atoms with Gasteiger partial charge < -0.3 is 9.84 Å². The summed E-state index contributed by atoms with van der Waals surface area (Å²) in [6.45, 7) is 7.49. The molecule has 1 aliphatic rings. The largest absolute Gasteiger partial charge is 0.360 e. The number of aromatic nitrogens is 3. The van der Waals surface area contributed by atoms with Crippen molar-refractivity contribution < 1.29 is 9.32 Å². The minimum Gasteiger partial charge on any atom is -0.360 e. The predicted molar refractivity (Wildman–Crippen MR) is 81.7 cm³/mol. The first-order valence-corrected chi connectivity index (χ1v) is 7.79. The zero-order valence-corrected chi connectivity index (χ0v) is 13.3. The minimum atomic E-state index is -0.170. The Balaban J connectivity index is 1.50. The second-order valence-electron chi connectivity index (χ2n) is 6.31. The number of aryl methyl sites for hydroxylation is 2. The molecule has 1 amide bonds. The third kappa shape index (κ3) is 3.37. The number of amides is 1. The molecule has 1 fully saturated rings. The lowest BCUT2D eigenvalue weighted by Gasteiger charge is -2.13. The normalized spacial score (nSPS) is 15.8. The SMILES string of the molecule is Cc1cc(C)n(C[C@@H](C)CNC(=O)c2cc(C3CC3)on2)n1. The van der Waals surface area contributed by atoms with E-state index in [1.165, 1.54) is 0 Å². The fourth-order valence-electron chi connectivity index (χ4n) is 2.53. The Kier molecular flexibility index (Phi) is 4.00. The van der Waals surface area contributed by atoms with Crippen molar-refractivity contribution in [1.82, 2.24) is 20.3 Å². The fraction of sp³-hybridized carbons (Fsp3) is 0.562. The van der Waals surface area contributed by atoms with Crippen molar-refractivity contribution in [3.63, 3.8) is 0 Å². The van der Waals surface area contributed by atoms with Crippen LogP contribution in [-0.2, 0) is 6.54 Å². The predicted octanol–water partition coefficient (Wildman–Crippen LogP) is 2.43. The smallest absolute Gasteiger partial charge is 0.273 e. The van der Waals surface area contributed by atoms with Crippen LogP contribution in [0.25, 0.3) is 0 Å². The third-order valence-corrected chi connectivity index (χ3v) is 3.94. The molecular formula is C16H22N4O2. The number of carbonyl (C=O) groups excluding carboxylic acids is 1. The van der Waals surface area contributed by atoms with Gasteiger partial charge in [-0.15, -0.1) is 0 Å². The van der Waals surface area contributed by atoms with Crippen LogP contribution in [0.2, 0.25) is 0 Å². The molecule has 2 aromatic rings. The molecule has 22 heavy (non-hydrogen) atoms. The zero-order valence-electron chi connectivity index (χ0n) is 13.3. The average Bonchev–Trinajstić information content (AvgIpc) is 3.12. The molecule has 0 aliphatic heterocycles. The van der Waals surface area contributed by atoms with E-state index < -0.39 is 0 Å². The minimum absolute atomic E-state index is 0.170. The molecule has 0 aromatic carbocycles. The van der Waals surface area contributed by atoms with Crippen molar-refractivity contribution in [2.24, 2.45) is 5.92 Å². The Hall–Kier alpha value is -2.11. The number of hydrogen-bond acceptors (Lipinski definition) is 4. The molecule has 3 rings (SSSR count). The van der Waals surface area contributed by atoms with Crippen LogP contribution in [0.4, 0.5) is 0 Å². The summed E-state index contributed by atoms with van der Waals surface area (Å²) in [5, 5.41) is 11.2. The molecule has 0 bridgehead atoms. The highest BCUT2D eigenvalue weighted by Crippen LogP contribution is 2.40. The molecule has 2 aromatic heterocycles. The Morgan fingerprint density at radius 1 is 1.45 bits per heavy atom. The van der Waals surface area contributed by atoms with Crippen molar-refractivity contribution in [3.8, 4) is 0 Å². The van der Waals surface area contributed by atoms with Crippen LogP contribution in [0.5, 0.6) is 0 Å². The van der Waals surface area contributed by atoms with E-state index in [0.29, 0.717) is 18.2 Å². The van der Waals surface area contributed by atoms with Gasteiger partial charge >= 0.3 is 0 Å². The van der Waals surface area contributed by atoms with E-state index in [9.17, 15) is 4.79 Å². The van der Waals surface area contributed by atoms with Crippen molar-refractivity contribution in [2.75, 3.05) is 6.54 Å². The summed E-state index contributed by atoms with van der Waals surface area (Å²) >= 11 is 0. The average molecular weight is 302 g/mol. The van der Waals surface area contributed by atoms with E-state index in [4.69, 9.17) is 4.52 Å². The third-order valence-electron chi connectivity index (χ3n) is 3.94. The Labute approximate surface area is 129 Å². The first-order valence-electron chi connectivity index (χ1n) is 7.79. The number of rotatable bonds is 6. The lowest BCUT2D eigenvalue weighted by molar-refractivity contribution is 0.0937. The standard InChI is InChI=1S/C16H22N4O2/c1-10(9-20-12(3)6-11(2)18-20)8-17-16(21)14-7-15(22-19-14)13-4-5-13/h6-7,10,13H,4-5,8-9H2,1-3H3,(H,17,21)/t10-/m0/s1. The van der Waals surface area contributed by atoms with Crippen LogP contribution >= 0.6 is 0 Å². The highest BCUT2D eigenvalue weighted by molar-refractivity contribution is 5.92. The first-order chi connectivity index (χ1) is 10.5. The highest BCUT2D eigenvalue weighted by Gasteiger charge is 2.28. The second kappa shape index (κ2) is 5.94. The van der Waals surface area contributed by atoms with Crippen molar-refractivity contribution >= 4 is 5.91 Å². The lowest BCUT2D eigenvalue weighted by Crippen LogP contribution is -2.30. The maximum Gasteiger partial charge on any atom is 0.273 e. The molecule has 1 saturated carbocycles. The van der Waals surface area contributed by atoms with E-state index in [1.54, 1.807) is 6.07 Å². The summed E-state index contributed by atoms with van der Waals surface area (Å²) in [4.78, 5) is 12.1. The summed E-state index contributed by atoms with van der Waals surface area (Å²) in [5.74, 6) is 1.42. The van der Waals surface area contributed by atoms with Crippen LogP contribution in [0.1, 0.15) is 53.3 Å². The molecule has 0 radical (unpaired) electrons. The first kappa shape index (κ1) is 14.8. The van der Waals surface area contributed by atoms with E-state index in [2.05, 4.69) is 28.6 Å². The molecule has 6 nitrogen and oxygen atoms in total. The number of nitrogens with zero attached hydrogens (tertiary/aromatic N) is 3. The maximum absolute atomic E-state index is 12.1. The topological polar surface area (TPSA) is 73.0 Å². The van der Waals surface area contributed by atoms with Gasteiger partial charge in [-0.2, -0.15) is 5.10 Å². The van der Waals surface area contributed by atoms with Crippen LogP contribution < -0.4 is 5.32 Å². The summed E-state index contributed by atoms with van der Waals surface area (Å²) in [6.07, 6.45) is 2.27. The Morgan fingerprint density at radius 3 is 2.86 bits per heavy atom. The number of nitrogens with one attached hydrogen (secondary N) is 1. The molecular weight excluding hydrogens is 280 g/mol. The van der Waals surface area contributed by atoms with E-state index in [1.807, 2.05) is 18.5 Å². The lowest BCUT2D eigenvalue weighted by atomic mass is 10.2. The molecule has 2 heterocycles. The van der Waals surface area contributed by atoms with E-state index in [-0.39, 0.29) is 11.8 Å². The number of hydrogen-bond donors (Lipinski definition) is 1. The molecule has 0 unspecified atom stereocenters. The number of carbonyl (C=O) groups is 1. The van der Waals surface area contributed by atoms with Gasteiger partial charge in [0.2, 0.25) is 0 Å². The Morgan fingerprint density at radius 2 is 2.23 bits per heavy atom. The van der Waals surface area contributed by atoms with Gasteiger partial charge in [-0.25, -0.2) is 0 Å². The molecule has 1 aliphatic carbocycles. The van der Waals surface area contributed by atoms with Gasteiger partial charge in [0.25, 0.3) is 5.91 Å². The van der Waals surface area contributed by atoms with Crippen LogP contribution in [-0.4, -0.2) is 27.4 Å². The monoisotopic (exact) mass is 302 g/mol. The van der Waals surface area contributed by atoms with Gasteiger partial charge in [-0.3, -0.25) is 9.48 Å².